The number of halogens is 1. The first-order valence-corrected chi connectivity index (χ1v) is 6.25. The van der Waals surface area contributed by atoms with E-state index in [0.29, 0.717) is 22.7 Å². The summed E-state index contributed by atoms with van der Waals surface area (Å²) in [4.78, 5) is 11.4. The Kier molecular flexibility index (Phi) is 2.63. The topological polar surface area (TPSA) is 49.3 Å². The van der Waals surface area contributed by atoms with Crippen LogP contribution < -0.4 is 5.32 Å². The number of aliphatic hydroxyl groups excluding tert-OH is 1. The highest BCUT2D eigenvalue weighted by Crippen LogP contribution is 2.35. The fourth-order valence-corrected chi connectivity index (χ4v) is 2.72. The molecule has 92 valence electrons. The number of hydrogen-bond acceptors (Lipinski definition) is 2. The van der Waals surface area contributed by atoms with Crippen molar-refractivity contribution in [2.75, 3.05) is 0 Å². The largest absolute Gasteiger partial charge is 0.505 e. The highest BCUT2D eigenvalue weighted by Gasteiger charge is 2.25. The molecule has 0 saturated carbocycles. The molecule has 0 unspecified atom stereocenters. The van der Waals surface area contributed by atoms with E-state index in [1.807, 2.05) is 18.2 Å². The third-order valence-corrected chi connectivity index (χ3v) is 3.73. The maximum absolute atomic E-state index is 11.4. The van der Waals surface area contributed by atoms with Crippen molar-refractivity contribution < 1.29 is 9.90 Å². The molecule has 1 aliphatic carbocycles. The zero-order valence-electron chi connectivity index (χ0n) is 9.66. The average molecular weight is 262 g/mol. The summed E-state index contributed by atoms with van der Waals surface area (Å²) in [6.07, 6.45) is 3.79. The SMILES string of the molecule is O=C1CC=C2CCc3c(Cl)cccc3C(O)=C2N1. The summed E-state index contributed by atoms with van der Waals surface area (Å²) in [6, 6.07) is 5.45. The van der Waals surface area contributed by atoms with Crippen molar-refractivity contribution in [1.29, 1.82) is 0 Å². The van der Waals surface area contributed by atoms with Crippen LogP contribution in [-0.2, 0) is 11.2 Å². The number of amides is 1. The van der Waals surface area contributed by atoms with Gasteiger partial charge in [-0.05, 0) is 30.0 Å². The molecule has 1 heterocycles. The summed E-state index contributed by atoms with van der Waals surface area (Å²) >= 11 is 6.17. The Morgan fingerprint density at radius 2 is 2.11 bits per heavy atom. The Morgan fingerprint density at radius 1 is 1.28 bits per heavy atom. The molecule has 1 aliphatic heterocycles. The van der Waals surface area contributed by atoms with Crippen LogP contribution in [0, 0.1) is 0 Å². The highest BCUT2D eigenvalue weighted by molar-refractivity contribution is 6.31. The number of allylic oxidation sites excluding steroid dienone is 1. The van der Waals surface area contributed by atoms with E-state index in [4.69, 9.17) is 11.6 Å². The van der Waals surface area contributed by atoms with Gasteiger partial charge in [-0.15, -0.1) is 0 Å². The van der Waals surface area contributed by atoms with Crippen LogP contribution in [0.25, 0.3) is 5.76 Å². The summed E-state index contributed by atoms with van der Waals surface area (Å²) in [7, 11) is 0. The van der Waals surface area contributed by atoms with Gasteiger partial charge in [0.2, 0.25) is 5.91 Å². The van der Waals surface area contributed by atoms with Crippen LogP contribution >= 0.6 is 11.6 Å². The lowest BCUT2D eigenvalue weighted by atomic mass is 10.0. The van der Waals surface area contributed by atoms with E-state index in [9.17, 15) is 9.90 Å². The predicted octanol–water partition coefficient (Wildman–Crippen LogP) is 2.96. The molecule has 0 radical (unpaired) electrons. The van der Waals surface area contributed by atoms with E-state index >= 15 is 0 Å². The molecule has 1 aromatic carbocycles. The second kappa shape index (κ2) is 4.18. The molecule has 0 aromatic heterocycles. The molecule has 0 bridgehead atoms. The van der Waals surface area contributed by atoms with Crippen molar-refractivity contribution >= 4 is 23.3 Å². The first kappa shape index (κ1) is 11.4. The van der Waals surface area contributed by atoms with Crippen molar-refractivity contribution in [2.45, 2.75) is 19.3 Å². The number of fused-ring (bicyclic) bond motifs is 2. The number of benzene rings is 1. The van der Waals surface area contributed by atoms with E-state index in [1.165, 1.54) is 0 Å². The van der Waals surface area contributed by atoms with Gasteiger partial charge in [-0.3, -0.25) is 4.79 Å². The minimum Gasteiger partial charge on any atom is -0.505 e. The van der Waals surface area contributed by atoms with Gasteiger partial charge in [0, 0.05) is 17.0 Å². The third-order valence-electron chi connectivity index (χ3n) is 3.37. The smallest absolute Gasteiger partial charge is 0.228 e. The Hall–Kier alpha value is -1.74. The van der Waals surface area contributed by atoms with Crippen LogP contribution in [0.15, 0.2) is 35.5 Å². The van der Waals surface area contributed by atoms with Crippen LogP contribution in [-0.4, -0.2) is 11.0 Å². The Labute approximate surface area is 110 Å². The van der Waals surface area contributed by atoms with E-state index in [0.717, 1.165) is 24.0 Å². The Morgan fingerprint density at radius 3 is 2.94 bits per heavy atom. The van der Waals surface area contributed by atoms with Gasteiger partial charge in [0.1, 0.15) is 5.76 Å². The highest BCUT2D eigenvalue weighted by atomic mass is 35.5. The van der Waals surface area contributed by atoms with Crippen LogP contribution in [0.1, 0.15) is 24.0 Å². The number of carbonyl (C=O) groups is 1. The fourth-order valence-electron chi connectivity index (χ4n) is 2.46. The first-order chi connectivity index (χ1) is 8.66. The monoisotopic (exact) mass is 261 g/mol. The van der Waals surface area contributed by atoms with E-state index in [-0.39, 0.29) is 11.7 Å². The summed E-state index contributed by atoms with van der Waals surface area (Å²) in [5.74, 6) is 0.0232. The molecule has 0 spiro atoms. The summed E-state index contributed by atoms with van der Waals surface area (Å²) in [5, 5.41) is 13.7. The van der Waals surface area contributed by atoms with Crippen molar-refractivity contribution in [3.05, 3.63) is 51.7 Å². The van der Waals surface area contributed by atoms with Crippen LogP contribution in [0.2, 0.25) is 5.02 Å². The summed E-state index contributed by atoms with van der Waals surface area (Å²) in [6.45, 7) is 0. The molecule has 3 rings (SSSR count). The Balaban J connectivity index is 2.21. The van der Waals surface area contributed by atoms with Gasteiger partial charge in [-0.25, -0.2) is 0 Å². The molecular weight excluding hydrogens is 250 g/mol. The van der Waals surface area contributed by atoms with Crippen LogP contribution in [0.4, 0.5) is 0 Å². The maximum Gasteiger partial charge on any atom is 0.228 e. The van der Waals surface area contributed by atoms with Gasteiger partial charge >= 0.3 is 0 Å². The molecule has 18 heavy (non-hydrogen) atoms. The quantitative estimate of drug-likeness (QED) is 0.754. The van der Waals surface area contributed by atoms with Crippen molar-refractivity contribution in [2.24, 2.45) is 0 Å². The van der Waals surface area contributed by atoms with E-state index in [2.05, 4.69) is 5.32 Å². The number of aliphatic hydroxyl groups is 1. The molecule has 0 fully saturated rings. The van der Waals surface area contributed by atoms with Gasteiger partial charge in [-0.2, -0.15) is 0 Å². The molecule has 0 saturated heterocycles. The molecule has 1 aromatic rings. The molecule has 1 amide bonds. The van der Waals surface area contributed by atoms with Crippen molar-refractivity contribution in [3.8, 4) is 0 Å². The summed E-state index contributed by atoms with van der Waals surface area (Å²) < 4.78 is 0. The molecule has 2 N–H and O–H groups in total. The number of carbonyl (C=O) groups excluding carboxylic acids is 1. The minimum atomic E-state index is -0.0919. The number of hydrogen-bond donors (Lipinski definition) is 2. The van der Waals surface area contributed by atoms with Gasteiger partial charge in [0.05, 0.1) is 5.70 Å². The lowest BCUT2D eigenvalue weighted by Gasteiger charge is -2.17. The standard InChI is InChI=1S/C14H12ClNO2/c15-11-3-1-2-10-9(11)6-4-8-5-7-12(17)16-13(8)14(10)18/h1-3,5,18H,4,6-7H2,(H,16,17). The van der Waals surface area contributed by atoms with Crippen LogP contribution in [0.5, 0.6) is 0 Å². The van der Waals surface area contributed by atoms with Crippen LogP contribution in [0.3, 0.4) is 0 Å². The number of nitrogens with one attached hydrogen (secondary N) is 1. The van der Waals surface area contributed by atoms with Gasteiger partial charge in [-0.1, -0.05) is 29.8 Å². The molecular formula is C14H12ClNO2. The van der Waals surface area contributed by atoms with Gasteiger partial charge in [0.15, 0.2) is 0 Å². The predicted molar refractivity (Wildman–Crippen MR) is 70.2 cm³/mol. The Bertz CT molecular complexity index is 602. The first-order valence-electron chi connectivity index (χ1n) is 5.87. The van der Waals surface area contributed by atoms with Crippen molar-refractivity contribution in [1.82, 2.24) is 5.32 Å². The molecule has 0 atom stereocenters. The maximum atomic E-state index is 11.4. The normalized spacial score (nSPS) is 18.5. The van der Waals surface area contributed by atoms with Gasteiger partial charge in [0.25, 0.3) is 0 Å². The zero-order valence-corrected chi connectivity index (χ0v) is 10.4. The van der Waals surface area contributed by atoms with E-state index < -0.39 is 0 Å². The van der Waals surface area contributed by atoms with Crippen molar-refractivity contribution in [3.63, 3.8) is 0 Å². The summed E-state index contributed by atoms with van der Waals surface area (Å²) in [5.41, 5.74) is 3.17. The number of rotatable bonds is 0. The second-order valence-corrected chi connectivity index (χ2v) is 4.88. The molecule has 3 nitrogen and oxygen atoms in total. The molecule has 4 heteroatoms. The third kappa shape index (κ3) is 1.71. The van der Waals surface area contributed by atoms with Gasteiger partial charge < -0.3 is 10.4 Å². The van der Waals surface area contributed by atoms with E-state index in [1.54, 1.807) is 6.07 Å². The second-order valence-electron chi connectivity index (χ2n) is 4.47. The minimum absolute atomic E-state index is 0.0919. The average Bonchev–Trinajstić information content (AvgIpc) is 2.50. The lowest BCUT2D eigenvalue weighted by molar-refractivity contribution is -0.119. The zero-order chi connectivity index (χ0) is 12.7. The lowest BCUT2D eigenvalue weighted by Crippen LogP contribution is -2.27. The fraction of sp³-hybridized carbons (Fsp3) is 0.214. The molecule has 2 aliphatic rings.